The Bertz CT molecular complexity index is 443. The van der Waals surface area contributed by atoms with Gasteiger partial charge in [-0.2, -0.15) is 0 Å². The van der Waals surface area contributed by atoms with E-state index in [0.29, 0.717) is 17.9 Å². The standard InChI is InChI=1S/C12H14ClNO3/c1-8(6-13)12(16)14-7-9-3-4-10(15)11(5-9)17-2/h3-6,15H,7H2,1-2H3,(H,14,16). The molecule has 0 spiro atoms. The lowest BCUT2D eigenvalue weighted by Gasteiger charge is -2.08. The first-order valence-corrected chi connectivity index (χ1v) is 5.43. The van der Waals surface area contributed by atoms with Crippen molar-refractivity contribution in [2.45, 2.75) is 13.5 Å². The Hall–Kier alpha value is -1.68. The van der Waals surface area contributed by atoms with E-state index in [1.807, 2.05) is 0 Å². The highest BCUT2D eigenvalue weighted by Crippen LogP contribution is 2.26. The molecule has 0 atom stereocenters. The topological polar surface area (TPSA) is 58.6 Å². The molecule has 0 aliphatic rings. The number of phenols is 1. The third kappa shape index (κ3) is 3.67. The van der Waals surface area contributed by atoms with Crippen molar-refractivity contribution in [3.05, 3.63) is 34.9 Å². The van der Waals surface area contributed by atoms with Gasteiger partial charge in [-0.3, -0.25) is 4.79 Å². The van der Waals surface area contributed by atoms with E-state index in [-0.39, 0.29) is 11.7 Å². The summed E-state index contributed by atoms with van der Waals surface area (Å²) >= 11 is 5.42. The lowest BCUT2D eigenvalue weighted by atomic mass is 10.2. The van der Waals surface area contributed by atoms with E-state index >= 15 is 0 Å². The van der Waals surface area contributed by atoms with Crippen LogP contribution in [0.25, 0.3) is 0 Å². The van der Waals surface area contributed by atoms with Gasteiger partial charge >= 0.3 is 0 Å². The van der Waals surface area contributed by atoms with Crippen molar-refractivity contribution in [2.75, 3.05) is 7.11 Å². The SMILES string of the molecule is COc1cc(CNC(=O)C(C)=CCl)ccc1O. The molecule has 1 amide bonds. The lowest BCUT2D eigenvalue weighted by molar-refractivity contribution is -0.117. The van der Waals surface area contributed by atoms with Crippen molar-refractivity contribution in [3.8, 4) is 11.5 Å². The highest BCUT2D eigenvalue weighted by molar-refractivity contribution is 6.27. The zero-order chi connectivity index (χ0) is 12.8. The van der Waals surface area contributed by atoms with Crippen LogP contribution in [0.1, 0.15) is 12.5 Å². The van der Waals surface area contributed by atoms with Crippen molar-refractivity contribution < 1.29 is 14.6 Å². The number of rotatable bonds is 4. The van der Waals surface area contributed by atoms with Crippen LogP contribution in [-0.4, -0.2) is 18.1 Å². The number of halogens is 1. The summed E-state index contributed by atoms with van der Waals surface area (Å²) in [7, 11) is 1.47. The molecule has 0 aliphatic heterocycles. The van der Waals surface area contributed by atoms with Gasteiger partial charge in [0.05, 0.1) is 7.11 Å². The molecule has 0 aromatic heterocycles. The van der Waals surface area contributed by atoms with Crippen LogP contribution in [0.3, 0.4) is 0 Å². The maximum Gasteiger partial charge on any atom is 0.248 e. The van der Waals surface area contributed by atoms with Crippen LogP contribution in [0.2, 0.25) is 0 Å². The van der Waals surface area contributed by atoms with Crippen LogP contribution in [0, 0.1) is 0 Å². The van der Waals surface area contributed by atoms with E-state index in [1.165, 1.54) is 18.7 Å². The summed E-state index contributed by atoms with van der Waals surface area (Å²) in [4.78, 5) is 11.4. The molecule has 5 heteroatoms. The van der Waals surface area contributed by atoms with Crippen molar-refractivity contribution in [2.24, 2.45) is 0 Å². The average molecular weight is 256 g/mol. The molecule has 92 valence electrons. The molecule has 1 aromatic carbocycles. The number of aromatic hydroxyl groups is 1. The Kier molecular flexibility index (Phi) is 4.84. The largest absolute Gasteiger partial charge is 0.504 e. The summed E-state index contributed by atoms with van der Waals surface area (Å²) in [6, 6.07) is 4.89. The Morgan fingerprint density at radius 1 is 1.59 bits per heavy atom. The molecule has 1 rings (SSSR count). The molecule has 2 N–H and O–H groups in total. The maximum atomic E-state index is 11.4. The van der Waals surface area contributed by atoms with Crippen molar-refractivity contribution in [1.29, 1.82) is 0 Å². The summed E-state index contributed by atoms with van der Waals surface area (Å²) in [6.07, 6.45) is 0. The fraction of sp³-hybridized carbons (Fsp3) is 0.250. The molecule has 1 aromatic rings. The monoisotopic (exact) mass is 255 g/mol. The molecule has 0 bridgehead atoms. The summed E-state index contributed by atoms with van der Waals surface area (Å²) in [5.41, 5.74) is 2.50. The third-order valence-corrected chi connectivity index (χ3v) is 2.55. The number of hydrogen-bond acceptors (Lipinski definition) is 3. The first-order chi connectivity index (χ1) is 8.08. The quantitative estimate of drug-likeness (QED) is 0.811. The number of benzene rings is 1. The second-order valence-electron chi connectivity index (χ2n) is 3.48. The molecular formula is C12H14ClNO3. The summed E-state index contributed by atoms with van der Waals surface area (Å²) in [5, 5.41) is 12.1. The Balaban J connectivity index is 2.67. The molecule has 0 aliphatic carbocycles. The smallest absolute Gasteiger partial charge is 0.248 e. The van der Waals surface area contributed by atoms with Gasteiger partial charge in [0.2, 0.25) is 5.91 Å². The number of hydrogen-bond donors (Lipinski definition) is 2. The average Bonchev–Trinajstić information content (AvgIpc) is 2.36. The van der Waals surface area contributed by atoms with Crippen LogP contribution in [0.5, 0.6) is 11.5 Å². The number of nitrogens with one attached hydrogen (secondary N) is 1. The van der Waals surface area contributed by atoms with Gasteiger partial charge < -0.3 is 15.2 Å². The van der Waals surface area contributed by atoms with Gasteiger partial charge in [0.1, 0.15) is 0 Å². The molecule has 0 heterocycles. The number of methoxy groups -OCH3 is 1. The fourth-order valence-corrected chi connectivity index (χ4v) is 1.30. The van der Waals surface area contributed by atoms with Gasteiger partial charge in [-0.1, -0.05) is 17.7 Å². The summed E-state index contributed by atoms with van der Waals surface area (Å²) in [5.74, 6) is 0.216. The fourth-order valence-electron chi connectivity index (χ4n) is 1.20. The normalized spacial score (nSPS) is 11.1. The van der Waals surface area contributed by atoms with Gasteiger partial charge in [-0.05, 0) is 24.6 Å². The number of phenolic OH excluding ortho intramolecular Hbond substituents is 1. The van der Waals surface area contributed by atoms with Crippen molar-refractivity contribution >= 4 is 17.5 Å². The minimum absolute atomic E-state index is 0.0689. The lowest BCUT2D eigenvalue weighted by Crippen LogP contribution is -2.23. The highest BCUT2D eigenvalue weighted by Gasteiger charge is 2.05. The minimum atomic E-state index is -0.230. The van der Waals surface area contributed by atoms with Crippen LogP contribution < -0.4 is 10.1 Å². The predicted molar refractivity (Wildman–Crippen MR) is 66.1 cm³/mol. The Morgan fingerprint density at radius 3 is 2.88 bits per heavy atom. The van der Waals surface area contributed by atoms with Crippen LogP contribution in [0.4, 0.5) is 0 Å². The minimum Gasteiger partial charge on any atom is -0.504 e. The van der Waals surface area contributed by atoms with Gasteiger partial charge in [-0.15, -0.1) is 0 Å². The first kappa shape index (κ1) is 13.4. The molecule has 4 nitrogen and oxygen atoms in total. The van der Waals surface area contributed by atoms with Gasteiger partial charge in [0.25, 0.3) is 0 Å². The summed E-state index contributed by atoms with van der Waals surface area (Å²) in [6.45, 7) is 1.97. The second kappa shape index (κ2) is 6.15. The molecule has 17 heavy (non-hydrogen) atoms. The Morgan fingerprint density at radius 2 is 2.29 bits per heavy atom. The zero-order valence-electron chi connectivity index (χ0n) is 9.66. The van der Waals surface area contributed by atoms with E-state index < -0.39 is 0 Å². The second-order valence-corrected chi connectivity index (χ2v) is 3.70. The van der Waals surface area contributed by atoms with E-state index in [2.05, 4.69) is 5.32 Å². The maximum absolute atomic E-state index is 11.4. The molecule has 0 saturated carbocycles. The van der Waals surface area contributed by atoms with Gasteiger partial charge in [0, 0.05) is 17.7 Å². The van der Waals surface area contributed by atoms with Crippen molar-refractivity contribution in [1.82, 2.24) is 5.32 Å². The molecule has 0 unspecified atom stereocenters. The van der Waals surface area contributed by atoms with Crippen LogP contribution >= 0.6 is 11.6 Å². The number of amides is 1. The molecule has 0 saturated heterocycles. The number of carbonyl (C=O) groups excluding carboxylic acids is 1. The van der Waals surface area contributed by atoms with Crippen LogP contribution in [0.15, 0.2) is 29.3 Å². The Labute approximate surface area is 105 Å². The molecule has 0 fully saturated rings. The highest BCUT2D eigenvalue weighted by atomic mass is 35.5. The first-order valence-electron chi connectivity index (χ1n) is 4.99. The van der Waals surface area contributed by atoms with E-state index in [1.54, 1.807) is 19.1 Å². The van der Waals surface area contributed by atoms with E-state index in [0.717, 1.165) is 5.56 Å². The number of carbonyl (C=O) groups is 1. The zero-order valence-corrected chi connectivity index (χ0v) is 10.4. The van der Waals surface area contributed by atoms with Gasteiger partial charge in [-0.25, -0.2) is 0 Å². The number of ether oxygens (including phenoxy) is 1. The molecular weight excluding hydrogens is 242 g/mol. The predicted octanol–water partition coefficient (Wildman–Crippen LogP) is 2.16. The van der Waals surface area contributed by atoms with E-state index in [9.17, 15) is 9.90 Å². The van der Waals surface area contributed by atoms with Gasteiger partial charge in [0.15, 0.2) is 11.5 Å². The third-order valence-electron chi connectivity index (χ3n) is 2.22. The van der Waals surface area contributed by atoms with E-state index in [4.69, 9.17) is 16.3 Å². The van der Waals surface area contributed by atoms with Crippen molar-refractivity contribution in [3.63, 3.8) is 0 Å². The van der Waals surface area contributed by atoms with Crippen LogP contribution in [-0.2, 0) is 11.3 Å². The molecule has 0 radical (unpaired) electrons. The summed E-state index contributed by atoms with van der Waals surface area (Å²) < 4.78 is 4.97.